The lowest BCUT2D eigenvalue weighted by Crippen LogP contribution is -2.25. The highest BCUT2D eigenvalue weighted by atomic mass is 32.1. The number of rotatable bonds is 4. The average molecular weight is 255 g/mol. The third-order valence-corrected chi connectivity index (χ3v) is 4.43. The van der Waals surface area contributed by atoms with E-state index in [-0.39, 0.29) is 0 Å². The van der Waals surface area contributed by atoms with Gasteiger partial charge in [0.15, 0.2) is 0 Å². The summed E-state index contributed by atoms with van der Waals surface area (Å²) < 4.78 is 0. The van der Waals surface area contributed by atoms with Gasteiger partial charge >= 0.3 is 0 Å². The van der Waals surface area contributed by atoms with Gasteiger partial charge in [-0.15, -0.1) is 11.3 Å². The van der Waals surface area contributed by atoms with Crippen molar-refractivity contribution in [2.24, 2.45) is 0 Å². The second-order valence-corrected chi connectivity index (χ2v) is 5.82. The van der Waals surface area contributed by atoms with E-state index in [1.165, 1.54) is 28.2 Å². The van der Waals surface area contributed by atoms with Crippen molar-refractivity contribution in [2.45, 2.75) is 25.4 Å². The summed E-state index contributed by atoms with van der Waals surface area (Å²) in [6, 6.07) is 15.7. The zero-order valence-electron chi connectivity index (χ0n) is 10.3. The van der Waals surface area contributed by atoms with Crippen LogP contribution >= 0.6 is 11.3 Å². The van der Waals surface area contributed by atoms with Crippen molar-refractivity contribution in [3.8, 4) is 10.4 Å². The van der Waals surface area contributed by atoms with E-state index in [1.54, 1.807) is 0 Å². The van der Waals surface area contributed by atoms with Crippen LogP contribution in [-0.2, 0) is 6.54 Å². The molecule has 2 aromatic rings. The molecule has 1 aromatic heterocycles. The lowest BCUT2D eigenvalue weighted by molar-refractivity contribution is 0.542. The van der Waals surface area contributed by atoms with Gasteiger partial charge in [0.05, 0.1) is 0 Å². The summed E-state index contributed by atoms with van der Waals surface area (Å²) in [5, 5.41) is 3.61. The van der Waals surface area contributed by atoms with Gasteiger partial charge in [0.25, 0.3) is 0 Å². The molecule has 1 aromatic carbocycles. The van der Waals surface area contributed by atoms with E-state index in [9.17, 15) is 0 Å². The Kier molecular flexibility index (Phi) is 3.58. The second kappa shape index (κ2) is 5.51. The van der Waals surface area contributed by atoms with E-state index in [0.717, 1.165) is 6.54 Å². The van der Waals surface area contributed by atoms with Crippen molar-refractivity contribution in [3.05, 3.63) is 59.5 Å². The van der Waals surface area contributed by atoms with E-state index < -0.39 is 0 Å². The number of benzene rings is 1. The highest BCUT2D eigenvalue weighted by Gasteiger charge is 2.09. The minimum Gasteiger partial charge on any atom is -0.308 e. The molecule has 1 aliphatic carbocycles. The standard InChI is InChI=1S/C16H17NS/c1-2-6-13(7-3-1)16-11-10-15(18-16)12-17-14-8-4-5-9-14/h1-7,10-11,14,17H,8-9,12H2. The first-order valence-corrected chi connectivity index (χ1v) is 7.26. The maximum atomic E-state index is 3.61. The lowest BCUT2D eigenvalue weighted by atomic mass is 10.2. The van der Waals surface area contributed by atoms with Gasteiger partial charge in [-0.3, -0.25) is 0 Å². The van der Waals surface area contributed by atoms with Gasteiger partial charge in [-0.25, -0.2) is 0 Å². The van der Waals surface area contributed by atoms with Crippen LogP contribution in [0.4, 0.5) is 0 Å². The molecule has 0 spiro atoms. The molecule has 1 N–H and O–H groups in total. The van der Waals surface area contributed by atoms with E-state index in [2.05, 4.69) is 59.9 Å². The second-order valence-electron chi connectivity index (χ2n) is 4.65. The number of nitrogens with one attached hydrogen (secondary N) is 1. The Morgan fingerprint density at radius 2 is 1.78 bits per heavy atom. The Morgan fingerprint density at radius 3 is 2.56 bits per heavy atom. The molecular weight excluding hydrogens is 238 g/mol. The zero-order valence-corrected chi connectivity index (χ0v) is 11.1. The highest BCUT2D eigenvalue weighted by molar-refractivity contribution is 7.15. The van der Waals surface area contributed by atoms with Crippen molar-refractivity contribution in [2.75, 3.05) is 0 Å². The van der Waals surface area contributed by atoms with E-state index in [1.807, 2.05) is 11.3 Å². The molecule has 92 valence electrons. The molecule has 0 aliphatic heterocycles. The third-order valence-electron chi connectivity index (χ3n) is 3.29. The quantitative estimate of drug-likeness (QED) is 0.806. The van der Waals surface area contributed by atoms with Crippen molar-refractivity contribution in [1.29, 1.82) is 0 Å². The molecule has 0 amide bonds. The summed E-state index contributed by atoms with van der Waals surface area (Å²) in [4.78, 5) is 2.78. The minimum atomic E-state index is 0.646. The van der Waals surface area contributed by atoms with Crippen LogP contribution in [0.15, 0.2) is 54.6 Å². The van der Waals surface area contributed by atoms with Gasteiger partial charge < -0.3 is 5.32 Å². The summed E-state index contributed by atoms with van der Waals surface area (Å²) in [5.41, 5.74) is 1.32. The molecule has 0 unspecified atom stereocenters. The van der Waals surface area contributed by atoms with Crippen LogP contribution in [0.1, 0.15) is 17.7 Å². The lowest BCUT2D eigenvalue weighted by Gasteiger charge is -2.10. The Morgan fingerprint density at radius 1 is 1.00 bits per heavy atom. The van der Waals surface area contributed by atoms with Crippen LogP contribution in [-0.4, -0.2) is 6.04 Å². The molecule has 0 bridgehead atoms. The Bertz CT molecular complexity index is 519. The van der Waals surface area contributed by atoms with E-state index >= 15 is 0 Å². The van der Waals surface area contributed by atoms with Gasteiger partial charge in [-0.2, -0.15) is 0 Å². The molecular formula is C16H17NS. The molecule has 3 rings (SSSR count). The fourth-order valence-electron chi connectivity index (χ4n) is 2.26. The summed E-state index contributed by atoms with van der Waals surface area (Å²) in [6.45, 7) is 0.990. The molecule has 0 saturated carbocycles. The number of hydrogen-bond donors (Lipinski definition) is 1. The van der Waals surface area contributed by atoms with Crippen molar-refractivity contribution >= 4 is 11.3 Å². The Hall–Kier alpha value is -1.38. The van der Waals surface area contributed by atoms with Gasteiger partial charge in [0, 0.05) is 22.3 Å². The smallest absolute Gasteiger partial charge is 0.0346 e. The summed E-state index contributed by atoms with van der Waals surface area (Å²) >= 11 is 1.89. The van der Waals surface area contributed by atoms with Crippen molar-refractivity contribution < 1.29 is 0 Å². The molecule has 2 heteroatoms. The molecule has 1 aliphatic rings. The molecule has 0 saturated heterocycles. The molecule has 0 atom stereocenters. The number of hydrogen-bond acceptors (Lipinski definition) is 2. The Balaban J connectivity index is 1.63. The number of thiophene rings is 1. The fraction of sp³-hybridized carbons (Fsp3) is 0.250. The molecule has 0 fully saturated rings. The summed E-state index contributed by atoms with van der Waals surface area (Å²) in [6.07, 6.45) is 6.89. The predicted molar refractivity (Wildman–Crippen MR) is 78.8 cm³/mol. The molecule has 18 heavy (non-hydrogen) atoms. The average Bonchev–Trinajstić information content (AvgIpc) is 3.09. The van der Waals surface area contributed by atoms with Gasteiger partial charge in [-0.05, 0) is 30.5 Å². The molecule has 1 nitrogen and oxygen atoms in total. The van der Waals surface area contributed by atoms with Gasteiger partial charge in [0.2, 0.25) is 0 Å². The Labute approximate surface area is 112 Å². The normalized spacial score (nSPS) is 15.3. The zero-order chi connectivity index (χ0) is 12.2. The van der Waals surface area contributed by atoms with Crippen molar-refractivity contribution in [3.63, 3.8) is 0 Å². The third kappa shape index (κ3) is 2.71. The first-order chi connectivity index (χ1) is 8.92. The topological polar surface area (TPSA) is 12.0 Å². The fourth-order valence-corrected chi connectivity index (χ4v) is 3.22. The summed E-state index contributed by atoms with van der Waals surface area (Å²) in [5.74, 6) is 0. The highest BCUT2D eigenvalue weighted by Crippen LogP contribution is 2.27. The van der Waals surface area contributed by atoms with Crippen LogP contribution in [0.2, 0.25) is 0 Å². The SMILES string of the molecule is C1=CCC(NCc2ccc(-c3ccccc3)s2)C1. The van der Waals surface area contributed by atoms with Crippen LogP contribution in [0.3, 0.4) is 0 Å². The van der Waals surface area contributed by atoms with Gasteiger partial charge in [-0.1, -0.05) is 42.5 Å². The maximum absolute atomic E-state index is 3.61. The van der Waals surface area contributed by atoms with Gasteiger partial charge in [0.1, 0.15) is 0 Å². The first kappa shape index (κ1) is 11.7. The van der Waals surface area contributed by atoms with Crippen LogP contribution in [0.25, 0.3) is 10.4 Å². The van der Waals surface area contributed by atoms with Crippen LogP contribution in [0.5, 0.6) is 0 Å². The van der Waals surface area contributed by atoms with E-state index in [4.69, 9.17) is 0 Å². The summed E-state index contributed by atoms with van der Waals surface area (Å²) in [7, 11) is 0. The molecule has 0 radical (unpaired) electrons. The first-order valence-electron chi connectivity index (χ1n) is 6.44. The molecule has 1 heterocycles. The van der Waals surface area contributed by atoms with Crippen molar-refractivity contribution in [1.82, 2.24) is 5.32 Å². The maximum Gasteiger partial charge on any atom is 0.0346 e. The minimum absolute atomic E-state index is 0.646. The van der Waals surface area contributed by atoms with Crippen LogP contribution in [0, 0.1) is 0 Å². The van der Waals surface area contributed by atoms with E-state index in [0.29, 0.717) is 6.04 Å². The monoisotopic (exact) mass is 255 g/mol. The predicted octanol–water partition coefficient (Wildman–Crippen LogP) is 4.22. The van der Waals surface area contributed by atoms with Crippen LogP contribution < -0.4 is 5.32 Å². The largest absolute Gasteiger partial charge is 0.308 e.